The molecular formula is C13H17N3O3. The summed E-state index contributed by atoms with van der Waals surface area (Å²) in [6, 6.07) is 0.762. The molecule has 1 saturated heterocycles. The van der Waals surface area contributed by atoms with Crippen molar-refractivity contribution >= 4 is 11.8 Å². The summed E-state index contributed by atoms with van der Waals surface area (Å²) in [5, 5.41) is 0. The first-order valence-electron chi connectivity index (χ1n) is 6.30. The fourth-order valence-corrected chi connectivity index (χ4v) is 2.37. The Morgan fingerprint density at radius 3 is 2.79 bits per heavy atom. The second-order valence-electron chi connectivity index (χ2n) is 4.81. The lowest BCUT2D eigenvalue weighted by Gasteiger charge is -2.33. The SMILES string of the molecule is Cc1cc(=O)c(C(=O)N2CCCCC2C(N)=O)c[nH]1. The molecule has 1 atom stereocenters. The summed E-state index contributed by atoms with van der Waals surface area (Å²) in [5.41, 5.74) is 5.72. The third-order valence-corrected chi connectivity index (χ3v) is 3.38. The minimum Gasteiger partial charge on any atom is -0.368 e. The van der Waals surface area contributed by atoms with Crippen LogP contribution < -0.4 is 11.2 Å². The van der Waals surface area contributed by atoms with Crippen LogP contribution in [0.4, 0.5) is 0 Å². The van der Waals surface area contributed by atoms with Gasteiger partial charge in [-0.2, -0.15) is 0 Å². The van der Waals surface area contributed by atoms with Crippen LogP contribution in [0.5, 0.6) is 0 Å². The van der Waals surface area contributed by atoms with Crippen LogP contribution in [0.25, 0.3) is 0 Å². The van der Waals surface area contributed by atoms with Crippen molar-refractivity contribution in [1.29, 1.82) is 0 Å². The van der Waals surface area contributed by atoms with Gasteiger partial charge in [-0.25, -0.2) is 0 Å². The Balaban J connectivity index is 2.31. The van der Waals surface area contributed by atoms with Gasteiger partial charge in [0.05, 0.1) is 0 Å². The van der Waals surface area contributed by atoms with E-state index in [4.69, 9.17) is 5.73 Å². The summed E-state index contributed by atoms with van der Waals surface area (Å²) in [5.74, 6) is -0.943. The zero-order valence-corrected chi connectivity index (χ0v) is 10.8. The van der Waals surface area contributed by atoms with Gasteiger partial charge in [0.2, 0.25) is 5.91 Å². The van der Waals surface area contributed by atoms with Gasteiger partial charge in [-0.15, -0.1) is 0 Å². The average Bonchev–Trinajstić information content (AvgIpc) is 2.38. The van der Waals surface area contributed by atoms with Crippen molar-refractivity contribution < 1.29 is 9.59 Å². The van der Waals surface area contributed by atoms with Gasteiger partial charge in [-0.3, -0.25) is 14.4 Å². The summed E-state index contributed by atoms with van der Waals surface area (Å²) in [4.78, 5) is 39.8. The Labute approximate surface area is 110 Å². The number of aryl methyl sites for hydroxylation is 1. The number of likely N-dealkylation sites (tertiary alicyclic amines) is 1. The zero-order chi connectivity index (χ0) is 14.0. The van der Waals surface area contributed by atoms with E-state index in [-0.39, 0.29) is 11.0 Å². The number of amides is 2. The van der Waals surface area contributed by atoms with Gasteiger partial charge in [-0.05, 0) is 26.2 Å². The van der Waals surface area contributed by atoms with Crippen molar-refractivity contribution in [2.45, 2.75) is 32.2 Å². The minimum atomic E-state index is -0.609. The lowest BCUT2D eigenvalue weighted by atomic mass is 10.0. The molecule has 0 bridgehead atoms. The third-order valence-electron chi connectivity index (χ3n) is 3.38. The van der Waals surface area contributed by atoms with E-state index in [9.17, 15) is 14.4 Å². The molecule has 0 saturated carbocycles. The summed E-state index contributed by atoms with van der Waals surface area (Å²) >= 11 is 0. The molecule has 1 aromatic heterocycles. The van der Waals surface area contributed by atoms with Gasteiger partial charge in [0.25, 0.3) is 5.91 Å². The van der Waals surface area contributed by atoms with Gasteiger partial charge in [0.1, 0.15) is 11.6 Å². The molecule has 0 spiro atoms. The van der Waals surface area contributed by atoms with Crippen LogP contribution >= 0.6 is 0 Å². The predicted octanol–water partition coefficient (Wildman–Crippen LogP) is 0.163. The number of aromatic nitrogens is 1. The van der Waals surface area contributed by atoms with E-state index in [1.807, 2.05) is 0 Å². The van der Waals surface area contributed by atoms with E-state index in [2.05, 4.69) is 4.98 Å². The number of hydrogen-bond acceptors (Lipinski definition) is 3. The summed E-state index contributed by atoms with van der Waals surface area (Å²) in [7, 11) is 0. The molecule has 0 radical (unpaired) electrons. The lowest BCUT2D eigenvalue weighted by Crippen LogP contribution is -2.51. The predicted molar refractivity (Wildman–Crippen MR) is 69.7 cm³/mol. The van der Waals surface area contributed by atoms with E-state index >= 15 is 0 Å². The maximum Gasteiger partial charge on any atom is 0.259 e. The Morgan fingerprint density at radius 2 is 2.16 bits per heavy atom. The smallest absolute Gasteiger partial charge is 0.259 e. The molecule has 102 valence electrons. The number of nitrogens with two attached hydrogens (primary N) is 1. The fourth-order valence-electron chi connectivity index (χ4n) is 2.37. The van der Waals surface area contributed by atoms with E-state index in [0.29, 0.717) is 18.7 Å². The third kappa shape index (κ3) is 2.67. The van der Waals surface area contributed by atoms with E-state index in [1.54, 1.807) is 6.92 Å². The normalized spacial score (nSPS) is 19.2. The van der Waals surface area contributed by atoms with Crippen molar-refractivity contribution in [3.05, 3.63) is 33.7 Å². The summed E-state index contributed by atoms with van der Waals surface area (Å²) in [6.07, 6.45) is 3.64. The Morgan fingerprint density at radius 1 is 1.42 bits per heavy atom. The van der Waals surface area contributed by atoms with Crippen LogP contribution in [0.2, 0.25) is 0 Å². The molecule has 1 unspecified atom stereocenters. The van der Waals surface area contributed by atoms with Gasteiger partial charge in [0.15, 0.2) is 5.43 Å². The van der Waals surface area contributed by atoms with Crippen LogP contribution in [-0.2, 0) is 4.79 Å². The minimum absolute atomic E-state index is 0.0544. The number of hydrogen-bond donors (Lipinski definition) is 2. The highest BCUT2D eigenvalue weighted by Gasteiger charge is 2.32. The second-order valence-corrected chi connectivity index (χ2v) is 4.81. The fraction of sp³-hybridized carbons (Fsp3) is 0.462. The highest BCUT2D eigenvalue weighted by atomic mass is 16.2. The summed E-state index contributed by atoms with van der Waals surface area (Å²) in [6.45, 7) is 2.20. The average molecular weight is 263 g/mol. The number of carbonyl (C=O) groups excluding carboxylic acids is 2. The molecule has 2 amide bonds. The van der Waals surface area contributed by atoms with Crippen LogP contribution in [0.3, 0.4) is 0 Å². The number of nitrogens with zero attached hydrogens (tertiary/aromatic N) is 1. The number of piperidine rings is 1. The number of nitrogens with one attached hydrogen (secondary N) is 1. The number of primary amides is 1. The van der Waals surface area contributed by atoms with Crippen LogP contribution in [0.15, 0.2) is 17.1 Å². The molecule has 2 rings (SSSR count). The number of rotatable bonds is 2. The highest BCUT2D eigenvalue weighted by Crippen LogP contribution is 2.18. The first-order chi connectivity index (χ1) is 9.00. The molecule has 3 N–H and O–H groups in total. The molecule has 0 aliphatic carbocycles. The van der Waals surface area contributed by atoms with Crippen LogP contribution in [-0.4, -0.2) is 34.3 Å². The molecule has 0 aromatic carbocycles. The van der Waals surface area contributed by atoms with Crippen molar-refractivity contribution in [2.24, 2.45) is 5.73 Å². The lowest BCUT2D eigenvalue weighted by molar-refractivity contribution is -0.123. The monoisotopic (exact) mass is 263 g/mol. The topological polar surface area (TPSA) is 96.3 Å². The molecule has 6 nitrogen and oxygen atoms in total. The van der Waals surface area contributed by atoms with E-state index in [0.717, 1.165) is 12.8 Å². The first-order valence-corrected chi connectivity index (χ1v) is 6.30. The number of carbonyl (C=O) groups is 2. The molecule has 1 aliphatic rings. The van der Waals surface area contributed by atoms with Crippen molar-refractivity contribution in [3.63, 3.8) is 0 Å². The zero-order valence-electron chi connectivity index (χ0n) is 10.8. The standard InChI is InChI=1S/C13H17N3O3/c1-8-6-11(17)9(7-15-8)13(19)16-5-3-2-4-10(16)12(14)18/h6-7,10H,2-5H2,1H3,(H2,14,18)(H,15,17). The number of H-pyrrole nitrogens is 1. The van der Waals surface area contributed by atoms with Crippen molar-refractivity contribution in [1.82, 2.24) is 9.88 Å². The van der Waals surface area contributed by atoms with Gasteiger partial charge < -0.3 is 15.6 Å². The maximum atomic E-state index is 12.3. The molecule has 19 heavy (non-hydrogen) atoms. The molecule has 1 aromatic rings. The maximum absolute atomic E-state index is 12.3. The van der Waals surface area contributed by atoms with Crippen molar-refractivity contribution in [2.75, 3.05) is 6.54 Å². The highest BCUT2D eigenvalue weighted by molar-refractivity contribution is 5.97. The Kier molecular flexibility index (Phi) is 3.69. The second kappa shape index (κ2) is 5.26. The molecule has 1 fully saturated rings. The molecule has 2 heterocycles. The number of pyridine rings is 1. The van der Waals surface area contributed by atoms with Gasteiger partial charge in [-0.1, -0.05) is 0 Å². The van der Waals surface area contributed by atoms with Gasteiger partial charge >= 0.3 is 0 Å². The van der Waals surface area contributed by atoms with Gasteiger partial charge in [0, 0.05) is 24.5 Å². The quantitative estimate of drug-likeness (QED) is 0.795. The van der Waals surface area contributed by atoms with E-state index < -0.39 is 17.9 Å². The first kappa shape index (κ1) is 13.3. The Hall–Kier alpha value is -2.11. The van der Waals surface area contributed by atoms with Crippen molar-refractivity contribution in [3.8, 4) is 0 Å². The summed E-state index contributed by atoms with van der Waals surface area (Å²) < 4.78 is 0. The largest absolute Gasteiger partial charge is 0.368 e. The molecule has 6 heteroatoms. The molecule has 1 aliphatic heterocycles. The van der Waals surface area contributed by atoms with Crippen LogP contribution in [0.1, 0.15) is 35.3 Å². The number of aromatic amines is 1. The van der Waals surface area contributed by atoms with E-state index in [1.165, 1.54) is 17.2 Å². The Bertz CT molecular complexity index is 564. The van der Waals surface area contributed by atoms with Crippen LogP contribution in [0, 0.1) is 6.92 Å². The molecular weight excluding hydrogens is 246 g/mol.